The lowest BCUT2D eigenvalue weighted by molar-refractivity contribution is -0.141. The Balaban J connectivity index is 1.71. The van der Waals surface area contributed by atoms with E-state index in [4.69, 9.17) is 11.6 Å². The zero-order chi connectivity index (χ0) is 19.5. The van der Waals surface area contributed by atoms with Crippen LogP contribution in [0.2, 0.25) is 5.02 Å². The van der Waals surface area contributed by atoms with Crippen molar-refractivity contribution in [3.05, 3.63) is 58.7 Å². The van der Waals surface area contributed by atoms with Crippen LogP contribution in [0.4, 0.5) is 19.0 Å². The Morgan fingerprint density at radius 3 is 2.74 bits per heavy atom. The molecule has 0 radical (unpaired) electrons. The second-order valence-electron chi connectivity index (χ2n) is 6.64. The van der Waals surface area contributed by atoms with E-state index in [0.717, 1.165) is 12.5 Å². The fraction of sp³-hybridized carbons (Fsp3) is 0.350. The first-order valence-corrected chi connectivity index (χ1v) is 8.93. The fourth-order valence-corrected chi connectivity index (χ4v) is 3.32. The zero-order valence-corrected chi connectivity index (χ0v) is 15.1. The van der Waals surface area contributed by atoms with Crippen molar-refractivity contribution in [3.63, 3.8) is 0 Å². The lowest BCUT2D eigenvalue weighted by atomic mass is 9.82. The van der Waals surface area contributed by atoms with Crippen molar-refractivity contribution in [2.24, 2.45) is 0 Å². The Morgan fingerprint density at radius 1 is 1.22 bits per heavy atom. The van der Waals surface area contributed by atoms with Crippen molar-refractivity contribution in [1.29, 1.82) is 0 Å². The summed E-state index contributed by atoms with van der Waals surface area (Å²) in [5.74, 6) is 5.97. The predicted molar refractivity (Wildman–Crippen MR) is 98.4 cm³/mol. The second-order valence-corrected chi connectivity index (χ2v) is 7.07. The smallest absolute Gasteiger partial charge is 0.378 e. The SMILES string of the molecule is O[C@]1(C#Cc2cccc(Cl)c2)CCC[C@@H](Nc2cccc(C(F)(F)F)n2)C1. The molecule has 1 heterocycles. The minimum absolute atomic E-state index is 0.141. The molecule has 1 aromatic heterocycles. The number of pyridine rings is 1. The fourth-order valence-electron chi connectivity index (χ4n) is 3.13. The van der Waals surface area contributed by atoms with E-state index in [1.54, 1.807) is 24.3 Å². The van der Waals surface area contributed by atoms with Gasteiger partial charge in [-0.15, -0.1) is 0 Å². The molecule has 3 rings (SSSR count). The molecule has 0 amide bonds. The summed E-state index contributed by atoms with van der Waals surface area (Å²) in [6.07, 6.45) is -2.25. The maximum atomic E-state index is 12.8. The van der Waals surface area contributed by atoms with Crippen LogP contribution in [0.25, 0.3) is 0 Å². The number of nitrogens with one attached hydrogen (secondary N) is 1. The van der Waals surface area contributed by atoms with Crippen molar-refractivity contribution in [2.75, 3.05) is 5.32 Å². The Kier molecular flexibility index (Phi) is 5.64. The monoisotopic (exact) mass is 394 g/mol. The highest BCUT2D eigenvalue weighted by Crippen LogP contribution is 2.31. The first-order chi connectivity index (χ1) is 12.7. The maximum absolute atomic E-state index is 12.8. The van der Waals surface area contributed by atoms with Crippen LogP contribution in [-0.4, -0.2) is 21.7 Å². The Hall–Kier alpha value is -2.23. The van der Waals surface area contributed by atoms with Gasteiger partial charge in [0, 0.05) is 23.0 Å². The van der Waals surface area contributed by atoms with Crippen LogP contribution < -0.4 is 5.32 Å². The van der Waals surface area contributed by atoms with Gasteiger partial charge >= 0.3 is 6.18 Å². The molecule has 0 aliphatic heterocycles. The average Bonchev–Trinajstić information content (AvgIpc) is 2.60. The van der Waals surface area contributed by atoms with Crippen molar-refractivity contribution in [2.45, 2.75) is 43.5 Å². The van der Waals surface area contributed by atoms with Crippen LogP contribution in [0.5, 0.6) is 0 Å². The first-order valence-electron chi connectivity index (χ1n) is 8.55. The third-order valence-electron chi connectivity index (χ3n) is 4.38. The third kappa shape index (κ3) is 5.38. The number of aromatic nitrogens is 1. The molecule has 0 spiro atoms. The standard InChI is InChI=1S/C20H18ClF3N2O/c21-15-5-1-4-14(12-15)9-11-19(27)10-3-6-16(13-19)25-18-8-2-7-17(26-18)20(22,23)24/h1-2,4-5,7-8,12,16,27H,3,6,10,13H2,(H,25,26)/t16-,19+/m1/s1. The van der Waals surface area contributed by atoms with Crippen molar-refractivity contribution >= 4 is 17.4 Å². The van der Waals surface area contributed by atoms with Crippen molar-refractivity contribution in [1.82, 2.24) is 4.98 Å². The molecule has 2 aromatic rings. The summed E-state index contributed by atoms with van der Waals surface area (Å²) in [4.78, 5) is 3.62. The number of aliphatic hydroxyl groups is 1. The molecular formula is C20H18ClF3N2O. The number of hydrogen-bond acceptors (Lipinski definition) is 3. The van der Waals surface area contributed by atoms with Gasteiger partial charge in [0.15, 0.2) is 0 Å². The van der Waals surface area contributed by atoms with Crippen LogP contribution >= 0.6 is 11.6 Å². The number of halogens is 4. The maximum Gasteiger partial charge on any atom is 0.433 e. The van der Waals surface area contributed by atoms with Gasteiger partial charge in [0.2, 0.25) is 0 Å². The molecule has 0 unspecified atom stereocenters. The molecule has 1 aliphatic rings. The highest BCUT2D eigenvalue weighted by molar-refractivity contribution is 6.30. The third-order valence-corrected chi connectivity index (χ3v) is 4.62. The van der Waals surface area contributed by atoms with Crippen LogP contribution in [0.15, 0.2) is 42.5 Å². The summed E-state index contributed by atoms with van der Waals surface area (Å²) in [6.45, 7) is 0. The minimum Gasteiger partial charge on any atom is -0.378 e. The van der Waals surface area contributed by atoms with Crippen LogP contribution in [0, 0.1) is 11.8 Å². The topological polar surface area (TPSA) is 45.1 Å². The lowest BCUT2D eigenvalue weighted by Crippen LogP contribution is -2.39. The number of benzene rings is 1. The normalized spacial score (nSPS) is 22.6. The number of hydrogen-bond donors (Lipinski definition) is 2. The van der Waals surface area contributed by atoms with E-state index in [2.05, 4.69) is 22.1 Å². The predicted octanol–water partition coefficient (Wildman–Crippen LogP) is 4.89. The van der Waals surface area contributed by atoms with Gasteiger partial charge in [-0.1, -0.05) is 35.6 Å². The lowest BCUT2D eigenvalue weighted by Gasteiger charge is -2.33. The van der Waals surface area contributed by atoms with Crippen molar-refractivity contribution in [3.8, 4) is 11.8 Å². The van der Waals surface area contributed by atoms with Gasteiger partial charge < -0.3 is 10.4 Å². The molecule has 1 aliphatic carbocycles. The molecule has 7 heteroatoms. The molecule has 27 heavy (non-hydrogen) atoms. The van der Waals surface area contributed by atoms with Gasteiger partial charge in [-0.3, -0.25) is 0 Å². The Morgan fingerprint density at radius 2 is 2.00 bits per heavy atom. The van der Waals surface area contributed by atoms with Gasteiger partial charge in [-0.25, -0.2) is 4.98 Å². The van der Waals surface area contributed by atoms with E-state index in [0.29, 0.717) is 29.8 Å². The van der Waals surface area contributed by atoms with Crippen LogP contribution in [-0.2, 0) is 6.18 Å². The molecular weight excluding hydrogens is 377 g/mol. The number of rotatable bonds is 2. The number of anilines is 1. The summed E-state index contributed by atoms with van der Waals surface area (Å²) in [7, 11) is 0. The molecule has 1 aromatic carbocycles. The molecule has 1 fully saturated rings. The van der Waals surface area contributed by atoms with E-state index in [9.17, 15) is 18.3 Å². The van der Waals surface area contributed by atoms with Gasteiger partial charge in [-0.05, 0) is 49.6 Å². The summed E-state index contributed by atoms with van der Waals surface area (Å²) in [5, 5.41) is 14.3. The highest BCUT2D eigenvalue weighted by Gasteiger charge is 2.34. The number of nitrogens with zero attached hydrogens (tertiary/aromatic N) is 1. The quantitative estimate of drug-likeness (QED) is 0.713. The molecule has 2 atom stereocenters. The van der Waals surface area contributed by atoms with Crippen LogP contribution in [0.3, 0.4) is 0 Å². The van der Waals surface area contributed by atoms with E-state index < -0.39 is 17.5 Å². The van der Waals surface area contributed by atoms with Gasteiger partial charge in [-0.2, -0.15) is 13.2 Å². The molecule has 1 saturated carbocycles. The molecule has 0 saturated heterocycles. The first kappa shape index (κ1) is 19.5. The highest BCUT2D eigenvalue weighted by atomic mass is 35.5. The van der Waals surface area contributed by atoms with Crippen LogP contribution in [0.1, 0.15) is 36.9 Å². The van der Waals surface area contributed by atoms with E-state index in [1.165, 1.54) is 12.1 Å². The van der Waals surface area contributed by atoms with Gasteiger partial charge in [0.05, 0.1) is 0 Å². The van der Waals surface area contributed by atoms with E-state index >= 15 is 0 Å². The second kappa shape index (κ2) is 7.79. The molecule has 2 N–H and O–H groups in total. The van der Waals surface area contributed by atoms with Crippen molar-refractivity contribution < 1.29 is 18.3 Å². The van der Waals surface area contributed by atoms with E-state index in [1.807, 2.05) is 0 Å². The number of alkyl halides is 3. The van der Waals surface area contributed by atoms with E-state index in [-0.39, 0.29) is 11.9 Å². The summed E-state index contributed by atoms with van der Waals surface area (Å²) in [5.41, 5.74) is -1.45. The molecule has 0 bridgehead atoms. The summed E-state index contributed by atoms with van der Waals surface area (Å²) < 4.78 is 38.4. The van der Waals surface area contributed by atoms with Gasteiger partial charge in [0.1, 0.15) is 17.1 Å². The Labute approximate surface area is 160 Å². The minimum atomic E-state index is -4.49. The largest absolute Gasteiger partial charge is 0.433 e. The molecule has 3 nitrogen and oxygen atoms in total. The molecule has 142 valence electrons. The van der Waals surface area contributed by atoms with Gasteiger partial charge in [0.25, 0.3) is 0 Å². The summed E-state index contributed by atoms with van der Waals surface area (Å²) in [6, 6.07) is 10.5. The average molecular weight is 395 g/mol. The zero-order valence-electron chi connectivity index (χ0n) is 14.4. The summed E-state index contributed by atoms with van der Waals surface area (Å²) >= 11 is 5.93. The Bertz CT molecular complexity index is 875.